The Labute approximate surface area is 157 Å². The van der Waals surface area contributed by atoms with Gasteiger partial charge in [-0.3, -0.25) is 4.79 Å². The van der Waals surface area contributed by atoms with Crippen LogP contribution in [0.3, 0.4) is 0 Å². The summed E-state index contributed by atoms with van der Waals surface area (Å²) in [5.41, 5.74) is 3.38. The number of carbonyl (C=O) groups excluding carboxylic acids is 1. The van der Waals surface area contributed by atoms with Crippen LogP contribution in [0.5, 0.6) is 5.75 Å². The standard InChI is InChI=1S/C20H21N3O2S/c1-14-3-5-16(6-4-14)13-18(24)21-20-23-22-19(26-20)12-9-15-7-10-17(25-2)11-8-15/h3-8,10-11H,9,12-13H2,1-2H3,(H,21,23,24). The van der Waals surface area contributed by atoms with Crippen LogP contribution in [-0.4, -0.2) is 23.2 Å². The molecule has 26 heavy (non-hydrogen) atoms. The van der Waals surface area contributed by atoms with Crippen LogP contribution in [-0.2, 0) is 24.1 Å². The predicted octanol–water partition coefficient (Wildman–Crippen LogP) is 3.82. The molecule has 0 spiro atoms. The van der Waals surface area contributed by atoms with E-state index in [1.165, 1.54) is 22.5 Å². The fourth-order valence-corrected chi connectivity index (χ4v) is 3.26. The Balaban J connectivity index is 1.50. The van der Waals surface area contributed by atoms with E-state index < -0.39 is 0 Å². The minimum Gasteiger partial charge on any atom is -0.497 e. The number of hydrogen-bond acceptors (Lipinski definition) is 5. The van der Waals surface area contributed by atoms with Gasteiger partial charge in [0.15, 0.2) is 0 Å². The van der Waals surface area contributed by atoms with Gasteiger partial charge in [-0.15, -0.1) is 10.2 Å². The molecule has 6 heteroatoms. The Morgan fingerprint density at radius 2 is 1.69 bits per heavy atom. The van der Waals surface area contributed by atoms with Crippen molar-refractivity contribution in [2.75, 3.05) is 12.4 Å². The van der Waals surface area contributed by atoms with Gasteiger partial charge in [0.05, 0.1) is 13.5 Å². The van der Waals surface area contributed by atoms with E-state index in [9.17, 15) is 4.79 Å². The topological polar surface area (TPSA) is 64.1 Å². The number of ether oxygens (including phenoxy) is 1. The van der Waals surface area contributed by atoms with Gasteiger partial charge in [0, 0.05) is 6.42 Å². The summed E-state index contributed by atoms with van der Waals surface area (Å²) in [6.45, 7) is 2.03. The van der Waals surface area contributed by atoms with Crippen LogP contribution < -0.4 is 10.1 Å². The molecular formula is C20H21N3O2S. The highest BCUT2D eigenvalue weighted by atomic mass is 32.1. The third kappa shape index (κ3) is 5.13. The highest BCUT2D eigenvalue weighted by molar-refractivity contribution is 7.15. The smallest absolute Gasteiger partial charge is 0.230 e. The number of amides is 1. The van der Waals surface area contributed by atoms with Crippen molar-refractivity contribution in [3.05, 3.63) is 70.2 Å². The molecule has 0 aliphatic carbocycles. The lowest BCUT2D eigenvalue weighted by atomic mass is 10.1. The van der Waals surface area contributed by atoms with Crippen LogP contribution in [0.2, 0.25) is 0 Å². The summed E-state index contributed by atoms with van der Waals surface area (Å²) in [7, 11) is 1.66. The highest BCUT2D eigenvalue weighted by Crippen LogP contribution is 2.19. The number of nitrogens with zero attached hydrogens (tertiary/aromatic N) is 2. The molecule has 1 heterocycles. The monoisotopic (exact) mass is 367 g/mol. The average molecular weight is 367 g/mol. The normalized spacial score (nSPS) is 10.5. The Morgan fingerprint density at radius 3 is 2.38 bits per heavy atom. The minimum atomic E-state index is -0.0771. The SMILES string of the molecule is COc1ccc(CCc2nnc(NC(=O)Cc3ccc(C)cc3)s2)cc1. The molecule has 0 aliphatic rings. The molecule has 5 nitrogen and oxygen atoms in total. The molecule has 0 aliphatic heterocycles. The van der Waals surface area contributed by atoms with Gasteiger partial charge in [-0.1, -0.05) is 53.3 Å². The summed E-state index contributed by atoms with van der Waals surface area (Å²) in [6.07, 6.45) is 1.99. The summed E-state index contributed by atoms with van der Waals surface area (Å²) in [5, 5.41) is 12.5. The molecule has 0 saturated heterocycles. The Morgan fingerprint density at radius 1 is 1.00 bits per heavy atom. The first-order valence-electron chi connectivity index (χ1n) is 8.43. The van der Waals surface area contributed by atoms with Crippen LogP contribution in [0, 0.1) is 6.92 Å². The number of anilines is 1. The maximum Gasteiger partial charge on any atom is 0.230 e. The lowest BCUT2D eigenvalue weighted by molar-refractivity contribution is -0.115. The van der Waals surface area contributed by atoms with Crippen molar-refractivity contribution >= 4 is 22.4 Å². The van der Waals surface area contributed by atoms with Gasteiger partial charge >= 0.3 is 0 Å². The molecule has 0 unspecified atom stereocenters. The third-order valence-electron chi connectivity index (χ3n) is 3.99. The van der Waals surface area contributed by atoms with E-state index in [-0.39, 0.29) is 5.91 Å². The van der Waals surface area contributed by atoms with Gasteiger partial charge in [-0.05, 0) is 36.6 Å². The summed E-state index contributed by atoms with van der Waals surface area (Å²) in [6, 6.07) is 15.9. The number of methoxy groups -OCH3 is 1. The van der Waals surface area contributed by atoms with Crippen molar-refractivity contribution in [1.29, 1.82) is 0 Å². The maximum absolute atomic E-state index is 12.1. The van der Waals surface area contributed by atoms with Crippen molar-refractivity contribution in [2.24, 2.45) is 0 Å². The van der Waals surface area contributed by atoms with Gasteiger partial charge in [0.1, 0.15) is 10.8 Å². The van der Waals surface area contributed by atoms with Crippen LogP contribution in [0.4, 0.5) is 5.13 Å². The number of hydrogen-bond donors (Lipinski definition) is 1. The number of nitrogens with one attached hydrogen (secondary N) is 1. The summed E-state index contributed by atoms with van der Waals surface area (Å²) >= 11 is 1.42. The molecule has 3 aromatic rings. The lowest BCUT2D eigenvalue weighted by Gasteiger charge is -2.02. The van der Waals surface area contributed by atoms with Crippen LogP contribution in [0.1, 0.15) is 21.7 Å². The molecule has 0 radical (unpaired) electrons. The van der Waals surface area contributed by atoms with E-state index in [0.717, 1.165) is 29.2 Å². The van der Waals surface area contributed by atoms with Gasteiger partial charge < -0.3 is 10.1 Å². The largest absolute Gasteiger partial charge is 0.497 e. The van der Waals surface area contributed by atoms with Crippen molar-refractivity contribution in [2.45, 2.75) is 26.2 Å². The second-order valence-corrected chi connectivity index (χ2v) is 7.12. The summed E-state index contributed by atoms with van der Waals surface area (Å²) in [5.74, 6) is 0.773. The fourth-order valence-electron chi connectivity index (χ4n) is 2.50. The van der Waals surface area contributed by atoms with Gasteiger partial charge in [0.2, 0.25) is 11.0 Å². The third-order valence-corrected chi connectivity index (χ3v) is 4.88. The molecule has 1 aromatic heterocycles. The first kappa shape index (κ1) is 18.1. The van der Waals surface area contributed by atoms with Gasteiger partial charge in [0.25, 0.3) is 0 Å². The highest BCUT2D eigenvalue weighted by Gasteiger charge is 2.09. The van der Waals surface area contributed by atoms with Crippen molar-refractivity contribution in [3.63, 3.8) is 0 Å². The molecule has 134 valence electrons. The summed E-state index contributed by atoms with van der Waals surface area (Å²) < 4.78 is 5.16. The molecular weight excluding hydrogens is 346 g/mol. The van der Waals surface area contributed by atoms with E-state index in [4.69, 9.17) is 4.74 Å². The molecule has 3 rings (SSSR count). The first-order valence-corrected chi connectivity index (χ1v) is 9.25. The predicted molar refractivity (Wildman–Crippen MR) is 104 cm³/mol. The minimum absolute atomic E-state index is 0.0771. The average Bonchev–Trinajstić information content (AvgIpc) is 3.09. The van der Waals surface area contributed by atoms with Gasteiger partial charge in [-0.2, -0.15) is 0 Å². The lowest BCUT2D eigenvalue weighted by Crippen LogP contribution is -2.14. The number of carbonyl (C=O) groups is 1. The Hall–Kier alpha value is -2.73. The first-order chi connectivity index (χ1) is 12.6. The zero-order valence-corrected chi connectivity index (χ0v) is 15.7. The summed E-state index contributed by atoms with van der Waals surface area (Å²) in [4.78, 5) is 12.1. The molecule has 0 bridgehead atoms. The number of rotatable bonds is 7. The van der Waals surface area contributed by atoms with Crippen LogP contribution in [0.25, 0.3) is 0 Å². The molecule has 1 N–H and O–H groups in total. The fraction of sp³-hybridized carbons (Fsp3) is 0.250. The van der Waals surface area contributed by atoms with Crippen molar-refractivity contribution in [1.82, 2.24) is 10.2 Å². The second kappa shape index (κ2) is 8.58. The van der Waals surface area contributed by atoms with Crippen LogP contribution in [0.15, 0.2) is 48.5 Å². The molecule has 2 aromatic carbocycles. The molecule has 0 fully saturated rings. The van der Waals surface area contributed by atoms with E-state index >= 15 is 0 Å². The maximum atomic E-state index is 12.1. The van der Waals surface area contributed by atoms with E-state index in [1.807, 2.05) is 55.5 Å². The second-order valence-electron chi connectivity index (χ2n) is 6.06. The molecule has 0 saturated carbocycles. The van der Waals surface area contributed by atoms with Crippen molar-refractivity contribution in [3.8, 4) is 5.75 Å². The zero-order chi connectivity index (χ0) is 18.4. The number of benzene rings is 2. The molecule has 0 atom stereocenters. The Kier molecular flexibility index (Phi) is 5.96. The van der Waals surface area contributed by atoms with Crippen molar-refractivity contribution < 1.29 is 9.53 Å². The van der Waals surface area contributed by atoms with Crippen LogP contribution >= 0.6 is 11.3 Å². The molecule has 1 amide bonds. The quantitative estimate of drug-likeness (QED) is 0.689. The van der Waals surface area contributed by atoms with E-state index in [1.54, 1.807) is 7.11 Å². The number of aromatic nitrogens is 2. The van der Waals surface area contributed by atoms with Gasteiger partial charge in [-0.25, -0.2) is 0 Å². The zero-order valence-electron chi connectivity index (χ0n) is 14.9. The number of aryl methyl sites for hydroxylation is 3. The Bertz CT molecular complexity index is 858. The van der Waals surface area contributed by atoms with E-state index in [0.29, 0.717) is 11.6 Å². The van der Waals surface area contributed by atoms with E-state index in [2.05, 4.69) is 15.5 Å².